The van der Waals surface area contributed by atoms with Crippen LogP contribution in [0.15, 0.2) is 12.3 Å². The lowest BCUT2D eigenvalue weighted by Gasteiger charge is -2.14. The summed E-state index contributed by atoms with van der Waals surface area (Å²) in [5, 5.41) is 5.81. The molecule has 1 amide bonds. The molecular weight excluding hydrogens is 369 g/mol. The van der Waals surface area contributed by atoms with Crippen LogP contribution in [0.2, 0.25) is 0 Å². The van der Waals surface area contributed by atoms with Gasteiger partial charge < -0.3 is 15.2 Å². The average molecular weight is 383 g/mol. The van der Waals surface area contributed by atoms with Crippen molar-refractivity contribution < 1.29 is 4.79 Å². The minimum absolute atomic E-state index is 0.00833. The van der Waals surface area contributed by atoms with E-state index in [4.69, 9.17) is 0 Å². The molecule has 0 spiro atoms. The number of hydrogen-bond donors (Lipinski definition) is 2. The van der Waals surface area contributed by atoms with Gasteiger partial charge in [0.05, 0.1) is 14.8 Å². The van der Waals surface area contributed by atoms with Gasteiger partial charge in [0.1, 0.15) is 5.69 Å². The summed E-state index contributed by atoms with van der Waals surface area (Å²) in [7, 11) is 3.76. The van der Waals surface area contributed by atoms with E-state index < -0.39 is 0 Å². The van der Waals surface area contributed by atoms with Crippen molar-refractivity contribution >= 4 is 34.4 Å². The maximum atomic E-state index is 11.9. The molecule has 1 aliphatic heterocycles. The molecule has 2 aromatic rings. The summed E-state index contributed by atoms with van der Waals surface area (Å²) in [6, 6.07) is 1.91. The van der Waals surface area contributed by atoms with E-state index in [2.05, 4.69) is 47.8 Å². The second-order valence-corrected chi connectivity index (χ2v) is 5.76. The molecule has 0 saturated heterocycles. The number of fused-ring (bicyclic) bond motifs is 1. The zero-order chi connectivity index (χ0) is 14.3. The van der Waals surface area contributed by atoms with Crippen molar-refractivity contribution in [2.24, 2.45) is 7.05 Å². The van der Waals surface area contributed by atoms with Gasteiger partial charge >= 0.3 is 0 Å². The molecule has 6 nitrogen and oxygen atoms in total. The van der Waals surface area contributed by atoms with Crippen LogP contribution in [-0.2, 0) is 13.5 Å². The molecule has 3 heterocycles. The molecule has 3 rings (SSSR count). The predicted molar refractivity (Wildman–Crippen MR) is 84.7 cm³/mol. The van der Waals surface area contributed by atoms with Gasteiger partial charge in [-0.15, -0.1) is 0 Å². The van der Waals surface area contributed by atoms with Crippen molar-refractivity contribution in [3.8, 4) is 11.4 Å². The Hall–Kier alpha value is -1.64. The Balaban J connectivity index is 2.18. The van der Waals surface area contributed by atoms with Gasteiger partial charge in [0, 0.05) is 39.0 Å². The van der Waals surface area contributed by atoms with E-state index in [0.717, 1.165) is 32.6 Å². The van der Waals surface area contributed by atoms with Gasteiger partial charge in [-0.25, -0.2) is 9.97 Å². The van der Waals surface area contributed by atoms with E-state index in [1.807, 2.05) is 13.1 Å². The summed E-state index contributed by atoms with van der Waals surface area (Å²) >= 11 is 2.21. The summed E-state index contributed by atoms with van der Waals surface area (Å²) in [5.41, 5.74) is 3.59. The molecule has 2 N–H and O–H groups in total. The monoisotopic (exact) mass is 383 g/mol. The molecule has 104 valence electrons. The van der Waals surface area contributed by atoms with Gasteiger partial charge in [-0.1, -0.05) is 0 Å². The highest BCUT2D eigenvalue weighted by Gasteiger charge is 2.24. The van der Waals surface area contributed by atoms with E-state index in [1.165, 1.54) is 0 Å². The number of carbonyl (C=O) groups excluding carboxylic acids is 1. The number of halogens is 1. The van der Waals surface area contributed by atoms with Crippen molar-refractivity contribution in [2.75, 3.05) is 18.9 Å². The quantitative estimate of drug-likeness (QED) is 0.770. The first-order valence-electron chi connectivity index (χ1n) is 6.29. The number of aromatic nitrogens is 3. The maximum Gasteiger partial charge on any atom is 0.253 e. The molecule has 20 heavy (non-hydrogen) atoms. The van der Waals surface area contributed by atoms with Crippen LogP contribution >= 0.6 is 22.6 Å². The Kier molecular flexibility index (Phi) is 3.36. The van der Waals surface area contributed by atoms with E-state index in [0.29, 0.717) is 12.5 Å². The topological polar surface area (TPSA) is 71.8 Å². The zero-order valence-electron chi connectivity index (χ0n) is 11.2. The maximum absolute atomic E-state index is 11.9. The van der Waals surface area contributed by atoms with Crippen LogP contribution < -0.4 is 10.6 Å². The molecule has 0 unspecified atom stereocenters. The zero-order valence-corrected chi connectivity index (χ0v) is 13.4. The van der Waals surface area contributed by atoms with Gasteiger partial charge in [0.25, 0.3) is 5.91 Å². The summed E-state index contributed by atoms with van der Waals surface area (Å²) < 4.78 is 3.01. The van der Waals surface area contributed by atoms with Crippen molar-refractivity contribution in [1.29, 1.82) is 0 Å². The number of anilines is 1. The molecule has 7 heteroatoms. The summed E-state index contributed by atoms with van der Waals surface area (Å²) in [6.45, 7) is 0.686. The lowest BCUT2D eigenvalue weighted by Crippen LogP contribution is -2.31. The van der Waals surface area contributed by atoms with Crippen LogP contribution in [0.4, 0.5) is 5.95 Å². The first kappa shape index (κ1) is 13.3. The van der Waals surface area contributed by atoms with Crippen LogP contribution in [0.5, 0.6) is 0 Å². The van der Waals surface area contributed by atoms with Crippen molar-refractivity contribution in [1.82, 2.24) is 19.9 Å². The highest BCUT2D eigenvalue weighted by molar-refractivity contribution is 14.1. The second kappa shape index (κ2) is 5.04. The lowest BCUT2D eigenvalue weighted by atomic mass is 10.1. The van der Waals surface area contributed by atoms with Crippen LogP contribution in [0.25, 0.3) is 11.4 Å². The number of nitrogens with one attached hydrogen (secondary N) is 2. The normalized spacial score (nSPS) is 13.8. The van der Waals surface area contributed by atoms with Crippen LogP contribution in [0.1, 0.15) is 16.1 Å². The van der Waals surface area contributed by atoms with E-state index >= 15 is 0 Å². The highest BCUT2D eigenvalue weighted by Crippen LogP contribution is 2.29. The van der Waals surface area contributed by atoms with Crippen LogP contribution in [0.3, 0.4) is 0 Å². The summed E-state index contributed by atoms with van der Waals surface area (Å²) in [4.78, 5) is 20.6. The number of amides is 1. The third kappa shape index (κ3) is 2.05. The molecule has 0 saturated carbocycles. The van der Waals surface area contributed by atoms with Gasteiger partial charge in [-0.05, 0) is 28.7 Å². The minimum Gasteiger partial charge on any atom is -0.357 e. The molecule has 0 atom stereocenters. The minimum atomic E-state index is -0.00833. The number of hydrogen-bond acceptors (Lipinski definition) is 4. The van der Waals surface area contributed by atoms with Gasteiger partial charge in [0.2, 0.25) is 5.95 Å². The van der Waals surface area contributed by atoms with E-state index in [1.54, 1.807) is 13.2 Å². The Morgan fingerprint density at radius 1 is 1.50 bits per heavy atom. The SMILES string of the molecule is CNc1ncc(I)c(-c2cc3c(n2C)CCNC3=O)n1. The fraction of sp³-hybridized carbons (Fsp3) is 0.308. The largest absolute Gasteiger partial charge is 0.357 e. The van der Waals surface area contributed by atoms with E-state index in [-0.39, 0.29) is 5.91 Å². The van der Waals surface area contributed by atoms with Crippen molar-refractivity contribution in [3.05, 3.63) is 27.1 Å². The van der Waals surface area contributed by atoms with Gasteiger partial charge in [-0.2, -0.15) is 0 Å². The molecule has 2 aromatic heterocycles. The average Bonchev–Trinajstić information content (AvgIpc) is 2.79. The summed E-state index contributed by atoms with van der Waals surface area (Å²) in [6.07, 6.45) is 2.62. The molecule has 1 aliphatic rings. The standard InChI is InChI=1S/C13H14IN5O/c1-15-13-17-6-8(14)11(18-13)10-5-7-9(19(10)2)3-4-16-12(7)20/h5-6H,3-4H2,1-2H3,(H,16,20)(H,15,17,18). The summed E-state index contributed by atoms with van der Waals surface area (Å²) in [5.74, 6) is 0.565. The van der Waals surface area contributed by atoms with Crippen molar-refractivity contribution in [2.45, 2.75) is 6.42 Å². The number of rotatable bonds is 2. The highest BCUT2D eigenvalue weighted by atomic mass is 127. The molecular formula is C13H14IN5O. The number of nitrogens with zero attached hydrogens (tertiary/aromatic N) is 3. The lowest BCUT2D eigenvalue weighted by molar-refractivity contribution is 0.0945. The predicted octanol–water partition coefficient (Wildman–Crippen LogP) is 1.41. The Morgan fingerprint density at radius 2 is 2.30 bits per heavy atom. The second-order valence-electron chi connectivity index (χ2n) is 4.60. The molecule has 0 fully saturated rings. The van der Waals surface area contributed by atoms with Gasteiger partial charge in [0.15, 0.2) is 0 Å². The van der Waals surface area contributed by atoms with E-state index in [9.17, 15) is 4.79 Å². The van der Waals surface area contributed by atoms with Gasteiger partial charge in [-0.3, -0.25) is 4.79 Å². The van der Waals surface area contributed by atoms with Crippen LogP contribution in [-0.4, -0.2) is 34.0 Å². The molecule has 0 bridgehead atoms. The number of carbonyl (C=O) groups is 1. The molecule has 0 aromatic carbocycles. The Bertz CT molecular complexity index is 694. The Labute approximate surface area is 130 Å². The molecule has 0 aliphatic carbocycles. The smallest absolute Gasteiger partial charge is 0.253 e. The fourth-order valence-corrected chi connectivity index (χ4v) is 2.96. The van der Waals surface area contributed by atoms with Crippen LogP contribution in [0, 0.1) is 3.57 Å². The Morgan fingerprint density at radius 3 is 3.00 bits per heavy atom. The third-order valence-electron chi connectivity index (χ3n) is 3.46. The molecule has 0 radical (unpaired) electrons. The third-order valence-corrected chi connectivity index (χ3v) is 4.25. The first-order valence-corrected chi connectivity index (χ1v) is 7.37. The first-order chi connectivity index (χ1) is 9.61. The fourth-order valence-electron chi connectivity index (χ4n) is 2.43. The van der Waals surface area contributed by atoms with Crippen molar-refractivity contribution in [3.63, 3.8) is 0 Å².